The van der Waals surface area contributed by atoms with Crippen LogP contribution in [0.15, 0.2) is 10.5 Å². The molecule has 2 amide bonds. The summed E-state index contributed by atoms with van der Waals surface area (Å²) in [5.41, 5.74) is 6.52. The molecule has 1 saturated heterocycles. The highest BCUT2D eigenvalue weighted by Gasteiger charge is 2.33. The summed E-state index contributed by atoms with van der Waals surface area (Å²) < 4.78 is 5.41. The Bertz CT molecular complexity index is 623. The zero-order chi connectivity index (χ0) is 17.3. The van der Waals surface area contributed by atoms with Gasteiger partial charge in [-0.15, -0.1) is 12.4 Å². The summed E-state index contributed by atoms with van der Waals surface area (Å²) in [6.45, 7) is 5.05. The third kappa shape index (κ3) is 4.55. The van der Waals surface area contributed by atoms with Gasteiger partial charge in [0.15, 0.2) is 0 Å². The Kier molecular flexibility index (Phi) is 6.52. The molecule has 1 aromatic heterocycles. The Morgan fingerprint density at radius 3 is 2.40 bits per heavy atom. The molecule has 0 radical (unpaired) electrons. The number of amides is 2. The number of carbonyl (C=O) groups is 2. The summed E-state index contributed by atoms with van der Waals surface area (Å²) >= 11 is 0. The average Bonchev–Trinajstić information content (AvgIpc) is 3.12. The van der Waals surface area contributed by atoms with Crippen LogP contribution in [0.1, 0.15) is 54.0 Å². The maximum atomic E-state index is 12.5. The lowest BCUT2D eigenvalue weighted by Gasteiger charge is -2.34. The van der Waals surface area contributed by atoms with E-state index >= 15 is 0 Å². The molecule has 2 unspecified atom stereocenters. The lowest BCUT2D eigenvalue weighted by Crippen LogP contribution is -2.48. The first-order valence-electron chi connectivity index (χ1n) is 8.86. The van der Waals surface area contributed by atoms with Crippen molar-refractivity contribution in [2.45, 2.75) is 58.0 Å². The van der Waals surface area contributed by atoms with E-state index in [1.54, 1.807) is 13.0 Å². The Hall–Kier alpha value is -1.53. The number of nitrogens with zero attached hydrogens (tertiary/aromatic N) is 1. The van der Waals surface area contributed by atoms with Crippen molar-refractivity contribution in [2.75, 3.05) is 13.1 Å². The van der Waals surface area contributed by atoms with E-state index < -0.39 is 0 Å². The van der Waals surface area contributed by atoms with Gasteiger partial charge in [-0.05, 0) is 52.0 Å². The number of likely N-dealkylation sites (tertiary alicyclic amines) is 1. The maximum Gasteiger partial charge on any atom is 0.255 e. The molecule has 3 N–H and O–H groups in total. The van der Waals surface area contributed by atoms with Gasteiger partial charge in [0.1, 0.15) is 11.5 Å². The van der Waals surface area contributed by atoms with E-state index in [1.165, 1.54) is 0 Å². The second-order valence-corrected chi connectivity index (χ2v) is 7.17. The number of hydrogen-bond donors (Lipinski definition) is 2. The van der Waals surface area contributed by atoms with Crippen molar-refractivity contribution in [3.05, 3.63) is 23.2 Å². The molecule has 1 aliphatic carbocycles. The molecule has 2 fully saturated rings. The van der Waals surface area contributed by atoms with Crippen LogP contribution in [0.3, 0.4) is 0 Å². The molecular weight excluding hydrogens is 342 g/mol. The number of hydrogen-bond acceptors (Lipinski definition) is 4. The standard InChI is InChI=1S/C18H27N3O3.ClH/c1-11-9-16(12(2)24-11)17(22)20-15-5-7-21(8-6-15)18(23)13-3-4-14(19)10-13;/h9,13-15H,3-8,10,19H2,1-2H3,(H,20,22);1H. The van der Waals surface area contributed by atoms with Gasteiger partial charge in [0, 0.05) is 31.1 Å². The minimum absolute atomic E-state index is 0. The molecule has 3 rings (SSSR count). The second kappa shape index (κ2) is 8.23. The van der Waals surface area contributed by atoms with Gasteiger partial charge in [0.2, 0.25) is 5.91 Å². The van der Waals surface area contributed by atoms with Gasteiger partial charge in [0.05, 0.1) is 5.56 Å². The number of nitrogens with two attached hydrogens (primary N) is 1. The van der Waals surface area contributed by atoms with Gasteiger partial charge >= 0.3 is 0 Å². The lowest BCUT2D eigenvalue weighted by molar-refractivity contribution is -0.136. The van der Waals surface area contributed by atoms with Gasteiger partial charge in [-0.3, -0.25) is 9.59 Å². The van der Waals surface area contributed by atoms with Crippen molar-refractivity contribution in [3.63, 3.8) is 0 Å². The molecule has 25 heavy (non-hydrogen) atoms. The van der Waals surface area contributed by atoms with Crippen molar-refractivity contribution in [1.29, 1.82) is 0 Å². The molecule has 1 saturated carbocycles. The molecule has 2 heterocycles. The normalized spacial score (nSPS) is 24.0. The van der Waals surface area contributed by atoms with E-state index in [4.69, 9.17) is 10.2 Å². The van der Waals surface area contributed by atoms with Crippen LogP contribution >= 0.6 is 12.4 Å². The number of nitrogens with one attached hydrogen (secondary N) is 1. The highest BCUT2D eigenvalue weighted by molar-refractivity contribution is 5.95. The van der Waals surface area contributed by atoms with Crippen molar-refractivity contribution in [2.24, 2.45) is 11.7 Å². The summed E-state index contributed by atoms with van der Waals surface area (Å²) in [6, 6.07) is 2.06. The molecule has 2 aliphatic rings. The summed E-state index contributed by atoms with van der Waals surface area (Å²) in [4.78, 5) is 26.8. The van der Waals surface area contributed by atoms with Gasteiger partial charge in [-0.2, -0.15) is 0 Å². The number of rotatable bonds is 3. The van der Waals surface area contributed by atoms with E-state index in [2.05, 4.69) is 5.32 Å². The fraction of sp³-hybridized carbons (Fsp3) is 0.667. The minimum Gasteiger partial charge on any atom is -0.466 e. The average molecular weight is 370 g/mol. The Labute approximate surface area is 154 Å². The summed E-state index contributed by atoms with van der Waals surface area (Å²) in [5.74, 6) is 1.65. The van der Waals surface area contributed by atoms with E-state index in [1.807, 2.05) is 11.8 Å². The van der Waals surface area contributed by atoms with E-state index in [9.17, 15) is 9.59 Å². The second-order valence-electron chi connectivity index (χ2n) is 7.17. The predicted octanol–water partition coefficient (Wildman–Crippen LogP) is 2.17. The molecule has 140 valence electrons. The number of aryl methyl sites for hydroxylation is 2. The van der Waals surface area contributed by atoms with Gasteiger partial charge < -0.3 is 20.4 Å². The van der Waals surface area contributed by atoms with Crippen LogP contribution in [-0.2, 0) is 4.79 Å². The van der Waals surface area contributed by atoms with Crippen LogP contribution in [0.5, 0.6) is 0 Å². The minimum atomic E-state index is -0.0871. The molecule has 1 aliphatic heterocycles. The predicted molar refractivity (Wildman–Crippen MR) is 97.8 cm³/mol. The summed E-state index contributed by atoms with van der Waals surface area (Å²) in [7, 11) is 0. The number of piperidine rings is 1. The van der Waals surface area contributed by atoms with Gasteiger partial charge in [-0.1, -0.05) is 0 Å². The van der Waals surface area contributed by atoms with Crippen LogP contribution in [0, 0.1) is 19.8 Å². The topological polar surface area (TPSA) is 88.6 Å². The molecule has 1 aromatic rings. The molecule has 2 atom stereocenters. The highest BCUT2D eigenvalue weighted by Crippen LogP contribution is 2.27. The zero-order valence-corrected chi connectivity index (χ0v) is 15.7. The van der Waals surface area contributed by atoms with Crippen molar-refractivity contribution in [3.8, 4) is 0 Å². The fourth-order valence-corrected chi connectivity index (χ4v) is 3.86. The molecule has 0 bridgehead atoms. The number of carbonyl (C=O) groups excluding carboxylic acids is 2. The van der Waals surface area contributed by atoms with Crippen LogP contribution < -0.4 is 11.1 Å². The first kappa shape index (κ1) is 19.8. The molecule has 0 aromatic carbocycles. The molecular formula is C18H28ClN3O3. The van der Waals surface area contributed by atoms with Gasteiger partial charge in [0.25, 0.3) is 5.91 Å². The van der Waals surface area contributed by atoms with Gasteiger partial charge in [-0.25, -0.2) is 0 Å². The third-order valence-electron chi connectivity index (χ3n) is 5.25. The summed E-state index contributed by atoms with van der Waals surface area (Å²) in [6.07, 6.45) is 4.27. The Morgan fingerprint density at radius 1 is 1.20 bits per heavy atom. The Morgan fingerprint density at radius 2 is 1.88 bits per heavy atom. The van der Waals surface area contributed by atoms with E-state index in [-0.39, 0.29) is 42.2 Å². The number of halogens is 1. The SMILES string of the molecule is Cc1cc(C(=O)NC2CCN(C(=O)C3CCC(N)C3)CC2)c(C)o1.Cl. The van der Waals surface area contributed by atoms with E-state index in [0.717, 1.165) is 37.9 Å². The first-order valence-corrected chi connectivity index (χ1v) is 8.86. The largest absolute Gasteiger partial charge is 0.466 e. The quantitative estimate of drug-likeness (QED) is 0.854. The van der Waals surface area contributed by atoms with Crippen molar-refractivity contribution < 1.29 is 14.0 Å². The fourth-order valence-electron chi connectivity index (χ4n) is 3.86. The van der Waals surface area contributed by atoms with Crippen LogP contribution in [0.2, 0.25) is 0 Å². The monoisotopic (exact) mass is 369 g/mol. The van der Waals surface area contributed by atoms with Crippen LogP contribution in [0.25, 0.3) is 0 Å². The molecule has 6 nitrogen and oxygen atoms in total. The zero-order valence-electron chi connectivity index (χ0n) is 14.9. The maximum absolute atomic E-state index is 12.5. The number of furan rings is 1. The Balaban J connectivity index is 0.00000225. The van der Waals surface area contributed by atoms with Crippen LogP contribution in [0.4, 0.5) is 0 Å². The smallest absolute Gasteiger partial charge is 0.255 e. The van der Waals surface area contributed by atoms with E-state index in [0.29, 0.717) is 24.4 Å². The summed E-state index contributed by atoms with van der Waals surface area (Å²) in [5, 5.41) is 3.07. The van der Waals surface area contributed by atoms with Crippen molar-refractivity contribution in [1.82, 2.24) is 10.2 Å². The molecule has 0 spiro atoms. The van der Waals surface area contributed by atoms with Crippen molar-refractivity contribution >= 4 is 24.2 Å². The third-order valence-corrected chi connectivity index (χ3v) is 5.25. The van der Waals surface area contributed by atoms with Crippen LogP contribution in [-0.4, -0.2) is 41.9 Å². The highest BCUT2D eigenvalue weighted by atomic mass is 35.5. The lowest BCUT2D eigenvalue weighted by atomic mass is 10.0. The first-order chi connectivity index (χ1) is 11.4. The molecule has 7 heteroatoms.